The number of hydrogen-bond acceptors (Lipinski definition) is 4. The number of fused-ring (bicyclic) bond motifs is 1. The van der Waals surface area contributed by atoms with Crippen LogP contribution in [0, 0.1) is 22.0 Å². The van der Waals surface area contributed by atoms with E-state index in [1.54, 1.807) is 11.0 Å². The van der Waals surface area contributed by atoms with E-state index >= 15 is 0 Å². The molecule has 2 aliphatic heterocycles. The Kier molecular flexibility index (Phi) is 4.44. The zero-order chi connectivity index (χ0) is 15.7. The first kappa shape index (κ1) is 15.4. The van der Waals surface area contributed by atoms with Crippen LogP contribution in [-0.4, -0.2) is 41.9 Å². The number of halogens is 1. The highest BCUT2D eigenvalue weighted by Crippen LogP contribution is 2.29. The van der Waals surface area contributed by atoms with Crippen molar-refractivity contribution < 1.29 is 9.72 Å². The molecule has 2 heterocycles. The molecule has 2 saturated heterocycles. The van der Waals surface area contributed by atoms with E-state index in [0.29, 0.717) is 29.4 Å². The average molecular weight is 368 g/mol. The molecule has 0 bridgehead atoms. The average Bonchev–Trinajstić information content (AvgIpc) is 2.85. The van der Waals surface area contributed by atoms with Gasteiger partial charge in [-0.25, -0.2) is 0 Å². The second-order valence-electron chi connectivity index (χ2n) is 5.97. The number of nitrogens with one attached hydrogen (secondary N) is 1. The number of hydrogen-bond donors (Lipinski definition) is 1. The summed E-state index contributed by atoms with van der Waals surface area (Å²) in [5.74, 6) is 1.02. The molecule has 0 spiro atoms. The largest absolute Gasteiger partial charge is 0.338 e. The van der Waals surface area contributed by atoms with Crippen LogP contribution in [0.2, 0.25) is 0 Å². The Labute approximate surface area is 137 Å². The van der Waals surface area contributed by atoms with Crippen molar-refractivity contribution in [3.63, 3.8) is 0 Å². The van der Waals surface area contributed by atoms with Gasteiger partial charge < -0.3 is 10.2 Å². The fraction of sp³-hybridized carbons (Fsp3) is 0.533. The van der Waals surface area contributed by atoms with E-state index in [4.69, 9.17) is 0 Å². The molecular formula is C15H18BrN3O3. The molecule has 2 aliphatic rings. The van der Waals surface area contributed by atoms with Gasteiger partial charge >= 0.3 is 0 Å². The maximum atomic E-state index is 12.7. The molecule has 1 aromatic rings. The molecule has 7 heteroatoms. The van der Waals surface area contributed by atoms with Crippen LogP contribution in [0.25, 0.3) is 0 Å². The highest BCUT2D eigenvalue weighted by atomic mass is 79.9. The van der Waals surface area contributed by atoms with Gasteiger partial charge in [0, 0.05) is 23.6 Å². The Morgan fingerprint density at radius 1 is 1.27 bits per heavy atom. The molecule has 2 fully saturated rings. The summed E-state index contributed by atoms with van der Waals surface area (Å²) in [5, 5.41) is 14.6. The molecule has 6 nitrogen and oxygen atoms in total. The zero-order valence-corrected chi connectivity index (χ0v) is 13.7. The van der Waals surface area contributed by atoms with Crippen LogP contribution in [0.3, 0.4) is 0 Å². The fourth-order valence-corrected chi connectivity index (χ4v) is 3.78. The van der Waals surface area contributed by atoms with Crippen molar-refractivity contribution in [3.05, 3.63) is 38.3 Å². The van der Waals surface area contributed by atoms with Gasteiger partial charge in [0.25, 0.3) is 11.6 Å². The summed E-state index contributed by atoms with van der Waals surface area (Å²) >= 11 is 3.22. The van der Waals surface area contributed by atoms with Gasteiger partial charge in [0.2, 0.25) is 0 Å². The van der Waals surface area contributed by atoms with Gasteiger partial charge in [0.15, 0.2) is 0 Å². The third kappa shape index (κ3) is 3.01. The number of benzene rings is 1. The van der Waals surface area contributed by atoms with E-state index in [1.165, 1.54) is 12.1 Å². The molecule has 118 valence electrons. The Balaban J connectivity index is 1.80. The highest BCUT2D eigenvalue weighted by Gasteiger charge is 2.33. The number of carbonyl (C=O) groups excluding carboxylic acids is 1. The van der Waals surface area contributed by atoms with Crippen LogP contribution < -0.4 is 5.32 Å². The summed E-state index contributed by atoms with van der Waals surface area (Å²) in [5.41, 5.74) is 0.0452. The SMILES string of the molecule is O=C(c1ccc(Br)cc1[N+](=O)[O-])N1CC[C@@H]2CNC[C@@H]2CC1. The van der Waals surface area contributed by atoms with Crippen molar-refractivity contribution in [2.75, 3.05) is 26.2 Å². The number of nitro groups is 1. The molecule has 0 saturated carbocycles. The standard InChI is InChI=1S/C15H18BrN3O3/c16-12-1-2-13(14(7-12)19(21)22)15(20)18-5-3-10-8-17-9-11(10)4-6-18/h1-2,7,10-11,17H,3-6,8-9H2/t10-,11+. The summed E-state index contributed by atoms with van der Waals surface area (Å²) in [6, 6.07) is 4.61. The summed E-state index contributed by atoms with van der Waals surface area (Å²) in [6.45, 7) is 3.39. The first-order valence-electron chi connectivity index (χ1n) is 7.50. The van der Waals surface area contributed by atoms with Crippen molar-refractivity contribution in [2.45, 2.75) is 12.8 Å². The smallest absolute Gasteiger partial charge is 0.283 e. The minimum absolute atomic E-state index is 0.134. The van der Waals surface area contributed by atoms with E-state index in [2.05, 4.69) is 21.2 Å². The van der Waals surface area contributed by atoms with Crippen molar-refractivity contribution in [1.82, 2.24) is 10.2 Å². The van der Waals surface area contributed by atoms with Crippen molar-refractivity contribution in [2.24, 2.45) is 11.8 Å². The maximum absolute atomic E-state index is 12.7. The molecule has 0 radical (unpaired) electrons. The van der Waals surface area contributed by atoms with Gasteiger partial charge in [-0.05, 0) is 49.9 Å². The van der Waals surface area contributed by atoms with E-state index < -0.39 is 4.92 Å². The number of nitrogens with zero attached hydrogens (tertiary/aromatic N) is 2. The molecule has 2 atom stereocenters. The van der Waals surface area contributed by atoms with Crippen molar-refractivity contribution in [3.8, 4) is 0 Å². The van der Waals surface area contributed by atoms with E-state index in [9.17, 15) is 14.9 Å². The summed E-state index contributed by atoms with van der Waals surface area (Å²) in [7, 11) is 0. The molecule has 0 unspecified atom stereocenters. The Hall–Kier alpha value is -1.47. The fourth-order valence-electron chi connectivity index (χ4n) is 3.43. The summed E-state index contributed by atoms with van der Waals surface area (Å²) in [4.78, 5) is 25.2. The summed E-state index contributed by atoms with van der Waals surface area (Å²) < 4.78 is 0.604. The first-order chi connectivity index (χ1) is 10.6. The highest BCUT2D eigenvalue weighted by molar-refractivity contribution is 9.10. The number of nitro benzene ring substituents is 1. The molecule has 1 N–H and O–H groups in total. The molecular weight excluding hydrogens is 350 g/mol. The Morgan fingerprint density at radius 2 is 1.91 bits per heavy atom. The van der Waals surface area contributed by atoms with Crippen LogP contribution in [-0.2, 0) is 0 Å². The lowest BCUT2D eigenvalue weighted by Crippen LogP contribution is -2.33. The molecule has 22 heavy (non-hydrogen) atoms. The zero-order valence-electron chi connectivity index (χ0n) is 12.1. The molecule has 3 rings (SSSR count). The van der Waals surface area contributed by atoms with Crippen LogP contribution >= 0.6 is 15.9 Å². The molecule has 0 aromatic heterocycles. The van der Waals surface area contributed by atoms with Gasteiger partial charge in [-0.2, -0.15) is 0 Å². The van der Waals surface area contributed by atoms with Crippen LogP contribution in [0.4, 0.5) is 5.69 Å². The lowest BCUT2D eigenvalue weighted by Gasteiger charge is -2.21. The number of carbonyl (C=O) groups is 1. The number of likely N-dealkylation sites (tertiary alicyclic amines) is 1. The van der Waals surface area contributed by atoms with Gasteiger partial charge in [-0.1, -0.05) is 15.9 Å². The molecule has 1 amide bonds. The quantitative estimate of drug-likeness (QED) is 0.643. The van der Waals surface area contributed by atoms with Crippen LogP contribution in [0.1, 0.15) is 23.2 Å². The van der Waals surface area contributed by atoms with Gasteiger partial charge in [-0.3, -0.25) is 14.9 Å². The van der Waals surface area contributed by atoms with Crippen molar-refractivity contribution >= 4 is 27.5 Å². The van der Waals surface area contributed by atoms with E-state index in [1.807, 2.05) is 0 Å². The minimum atomic E-state index is -0.492. The van der Waals surface area contributed by atoms with Gasteiger partial charge in [0.05, 0.1) is 4.92 Å². The van der Waals surface area contributed by atoms with Crippen LogP contribution in [0.5, 0.6) is 0 Å². The second-order valence-corrected chi connectivity index (χ2v) is 6.88. The Morgan fingerprint density at radius 3 is 2.50 bits per heavy atom. The minimum Gasteiger partial charge on any atom is -0.338 e. The third-order valence-corrected chi connectivity index (χ3v) is 5.19. The molecule has 0 aliphatic carbocycles. The lowest BCUT2D eigenvalue weighted by molar-refractivity contribution is -0.385. The topological polar surface area (TPSA) is 75.5 Å². The number of rotatable bonds is 2. The second kappa shape index (κ2) is 6.34. The summed E-state index contributed by atoms with van der Waals surface area (Å²) in [6.07, 6.45) is 1.93. The normalized spacial score (nSPS) is 24.7. The van der Waals surface area contributed by atoms with E-state index in [0.717, 1.165) is 25.9 Å². The van der Waals surface area contributed by atoms with Crippen LogP contribution in [0.15, 0.2) is 22.7 Å². The first-order valence-corrected chi connectivity index (χ1v) is 8.29. The number of amides is 1. The monoisotopic (exact) mass is 367 g/mol. The maximum Gasteiger partial charge on any atom is 0.283 e. The predicted octanol–water partition coefficient (Wildman–Crippen LogP) is 2.43. The van der Waals surface area contributed by atoms with Gasteiger partial charge in [0.1, 0.15) is 5.56 Å². The predicted molar refractivity (Wildman–Crippen MR) is 85.8 cm³/mol. The van der Waals surface area contributed by atoms with E-state index in [-0.39, 0.29) is 17.2 Å². The van der Waals surface area contributed by atoms with Crippen molar-refractivity contribution in [1.29, 1.82) is 0 Å². The lowest BCUT2D eigenvalue weighted by atomic mass is 9.92. The molecule has 1 aromatic carbocycles. The Bertz CT molecular complexity index is 594. The third-order valence-electron chi connectivity index (χ3n) is 4.69. The van der Waals surface area contributed by atoms with Gasteiger partial charge in [-0.15, -0.1) is 0 Å².